The van der Waals surface area contributed by atoms with Crippen molar-refractivity contribution in [3.05, 3.63) is 35.9 Å². The van der Waals surface area contributed by atoms with Crippen molar-refractivity contribution in [2.75, 3.05) is 6.61 Å². The third kappa shape index (κ3) is 2.18. The Kier molecular flexibility index (Phi) is 3.37. The van der Waals surface area contributed by atoms with Gasteiger partial charge in [0.1, 0.15) is 6.10 Å². The highest BCUT2D eigenvalue weighted by Gasteiger charge is 2.47. The summed E-state index contributed by atoms with van der Waals surface area (Å²) in [5.41, 5.74) is 1.21. The Labute approximate surface area is 108 Å². The fourth-order valence-electron chi connectivity index (χ4n) is 2.80. The quantitative estimate of drug-likeness (QED) is 0.823. The third-order valence-corrected chi connectivity index (χ3v) is 4.16. The molecule has 3 heteroatoms. The molecule has 0 N–H and O–H groups in total. The molecule has 5 atom stereocenters. The van der Waals surface area contributed by atoms with Gasteiger partial charge in [-0.15, -0.1) is 0 Å². The first-order valence-corrected chi connectivity index (χ1v) is 6.68. The first-order chi connectivity index (χ1) is 8.75. The molecule has 0 saturated carbocycles. The number of hydrogen-bond acceptors (Lipinski definition) is 3. The van der Waals surface area contributed by atoms with Gasteiger partial charge >= 0.3 is 0 Å². The molecular formula is C15H20O3. The Bertz CT molecular complexity index is 392. The Morgan fingerprint density at radius 3 is 2.72 bits per heavy atom. The molecule has 2 fully saturated rings. The molecule has 0 aliphatic carbocycles. The molecule has 0 amide bonds. The second-order valence-electron chi connectivity index (χ2n) is 5.36. The van der Waals surface area contributed by atoms with Crippen LogP contribution in [0.2, 0.25) is 0 Å². The van der Waals surface area contributed by atoms with Gasteiger partial charge in [0, 0.05) is 5.92 Å². The summed E-state index contributed by atoms with van der Waals surface area (Å²) >= 11 is 0. The lowest BCUT2D eigenvalue weighted by molar-refractivity contribution is -0.190. The molecule has 98 valence electrons. The summed E-state index contributed by atoms with van der Waals surface area (Å²) in [5, 5.41) is 0. The van der Waals surface area contributed by atoms with E-state index in [0.29, 0.717) is 25.0 Å². The molecular weight excluding hydrogens is 228 g/mol. The molecule has 3 rings (SSSR count). The second-order valence-corrected chi connectivity index (χ2v) is 5.36. The van der Waals surface area contributed by atoms with E-state index in [1.165, 1.54) is 5.56 Å². The zero-order valence-corrected chi connectivity index (χ0v) is 10.9. The van der Waals surface area contributed by atoms with Crippen LogP contribution in [0.4, 0.5) is 0 Å². The number of rotatable bonds is 3. The van der Waals surface area contributed by atoms with E-state index in [0.717, 1.165) is 0 Å². The van der Waals surface area contributed by atoms with Gasteiger partial charge in [0.05, 0.1) is 19.3 Å². The zero-order valence-electron chi connectivity index (χ0n) is 10.9. The SMILES string of the molecule is CC1[C@@H](OCc2ccccc2)C2CO[C@H](O2)[C@H]1C. The molecule has 2 saturated heterocycles. The van der Waals surface area contributed by atoms with Crippen molar-refractivity contribution in [1.29, 1.82) is 0 Å². The molecule has 0 spiro atoms. The molecule has 2 aliphatic rings. The summed E-state index contributed by atoms with van der Waals surface area (Å²) in [6.45, 7) is 5.72. The fraction of sp³-hybridized carbons (Fsp3) is 0.600. The average molecular weight is 248 g/mol. The minimum atomic E-state index is -0.0263. The second kappa shape index (κ2) is 5.00. The lowest BCUT2D eigenvalue weighted by Crippen LogP contribution is -2.46. The van der Waals surface area contributed by atoms with Crippen molar-refractivity contribution in [2.45, 2.75) is 39.0 Å². The summed E-state index contributed by atoms with van der Waals surface area (Å²) in [6, 6.07) is 10.3. The highest BCUT2D eigenvalue weighted by molar-refractivity contribution is 5.13. The van der Waals surface area contributed by atoms with Gasteiger partial charge in [0.25, 0.3) is 0 Å². The van der Waals surface area contributed by atoms with Crippen LogP contribution in [0.3, 0.4) is 0 Å². The largest absolute Gasteiger partial charge is 0.370 e. The molecule has 2 unspecified atom stereocenters. The Hall–Kier alpha value is -0.900. The van der Waals surface area contributed by atoms with Crippen LogP contribution in [0.5, 0.6) is 0 Å². The molecule has 2 bridgehead atoms. The number of hydrogen-bond donors (Lipinski definition) is 0. The van der Waals surface area contributed by atoms with E-state index in [4.69, 9.17) is 14.2 Å². The summed E-state index contributed by atoms with van der Waals surface area (Å²) in [4.78, 5) is 0. The minimum Gasteiger partial charge on any atom is -0.370 e. The van der Waals surface area contributed by atoms with Crippen LogP contribution in [0.15, 0.2) is 30.3 Å². The van der Waals surface area contributed by atoms with Crippen LogP contribution < -0.4 is 0 Å². The predicted octanol–water partition coefficient (Wildman–Crippen LogP) is 2.60. The molecule has 18 heavy (non-hydrogen) atoms. The van der Waals surface area contributed by atoms with Crippen molar-refractivity contribution in [2.24, 2.45) is 11.8 Å². The molecule has 0 aromatic heterocycles. The van der Waals surface area contributed by atoms with Crippen LogP contribution in [0.1, 0.15) is 19.4 Å². The summed E-state index contributed by atoms with van der Waals surface area (Å²) in [6.07, 6.45) is 0.213. The smallest absolute Gasteiger partial charge is 0.161 e. The van der Waals surface area contributed by atoms with E-state index in [-0.39, 0.29) is 18.5 Å². The minimum absolute atomic E-state index is 0.0263. The third-order valence-electron chi connectivity index (χ3n) is 4.16. The fourth-order valence-corrected chi connectivity index (χ4v) is 2.80. The first kappa shape index (κ1) is 12.2. The van der Waals surface area contributed by atoms with Gasteiger partial charge in [-0.2, -0.15) is 0 Å². The van der Waals surface area contributed by atoms with E-state index < -0.39 is 0 Å². The zero-order chi connectivity index (χ0) is 12.5. The van der Waals surface area contributed by atoms with Crippen molar-refractivity contribution in [3.63, 3.8) is 0 Å². The molecule has 0 radical (unpaired) electrons. The van der Waals surface area contributed by atoms with Gasteiger partial charge < -0.3 is 14.2 Å². The number of ether oxygens (including phenoxy) is 3. The summed E-state index contributed by atoms with van der Waals surface area (Å²) in [5.74, 6) is 0.865. The summed E-state index contributed by atoms with van der Waals surface area (Å²) < 4.78 is 17.6. The maximum Gasteiger partial charge on any atom is 0.161 e. The summed E-state index contributed by atoms with van der Waals surface area (Å²) in [7, 11) is 0. The normalized spacial score (nSPS) is 38.9. The van der Waals surface area contributed by atoms with Crippen molar-refractivity contribution < 1.29 is 14.2 Å². The molecule has 3 nitrogen and oxygen atoms in total. The van der Waals surface area contributed by atoms with Gasteiger partial charge in [0.15, 0.2) is 6.29 Å². The Morgan fingerprint density at radius 2 is 1.94 bits per heavy atom. The van der Waals surface area contributed by atoms with Crippen LogP contribution >= 0.6 is 0 Å². The van der Waals surface area contributed by atoms with E-state index in [2.05, 4.69) is 26.0 Å². The molecule has 2 aliphatic heterocycles. The first-order valence-electron chi connectivity index (χ1n) is 6.68. The topological polar surface area (TPSA) is 27.7 Å². The molecule has 1 aromatic carbocycles. The van der Waals surface area contributed by atoms with E-state index in [1.807, 2.05) is 18.2 Å². The van der Waals surface area contributed by atoms with Crippen LogP contribution in [0.25, 0.3) is 0 Å². The highest BCUT2D eigenvalue weighted by atomic mass is 16.7. The van der Waals surface area contributed by atoms with Gasteiger partial charge in [-0.3, -0.25) is 0 Å². The lowest BCUT2D eigenvalue weighted by Gasteiger charge is -2.37. The molecule has 1 aromatic rings. The van der Waals surface area contributed by atoms with Crippen molar-refractivity contribution >= 4 is 0 Å². The molecule has 2 heterocycles. The predicted molar refractivity (Wildman–Crippen MR) is 68.0 cm³/mol. The van der Waals surface area contributed by atoms with Gasteiger partial charge in [-0.1, -0.05) is 44.2 Å². The standard InChI is InChI=1S/C15H20O3/c1-10-11(2)15-17-9-13(18-15)14(10)16-8-12-6-4-3-5-7-12/h3-7,10-11,13-15H,8-9H2,1-2H3/t10?,11-,13?,14+,15+/m0/s1. The maximum atomic E-state index is 6.08. The highest BCUT2D eigenvalue weighted by Crippen LogP contribution is 2.37. The number of benzene rings is 1. The Balaban J connectivity index is 1.65. The van der Waals surface area contributed by atoms with E-state index in [1.54, 1.807) is 0 Å². The van der Waals surface area contributed by atoms with Crippen LogP contribution in [-0.4, -0.2) is 25.1 Å². The van der Waals surface area contributed by atoms with Crippen molar-refractivity contribution in [1.82, 2.24) is 0 Å². The lowest BCUT2D eigenvalue weighted by atomic mass is 9.86. The average Bonchev–Trinajstić information content (AvgIpc) is 2.84. The Morgan fingerprint density at radius 1 is 1.17 bits per heavy atom. The van der Waals surface area contributed by atoms with Crippen LogP contribution in [-0.2, 0) is 20.8 Å². The number of fused-ring (bicyclic) bond motifs is 2. The van der Waals surface area contributed by atoms with Gasteiger partial charge in [0.2, 0.25) is 0 Å². The van der Waals surface area contributed by atoms with E-state index in [9.17, 15) is 0 Å². The monoisotopic (exact) mass is 248 g/mol. The maximum absolute atomic E-state index is 6.08. The van der Waals surface area contributed by atoms with Gasteiger partial charge in [-0.25, -0.2) is 0 Å². The van der Waals surface area contributed by atoms with Crippen molar-refractivity contribution in [3.8, 4) is 0 Å². The van der Waals surface area contributed by atoms with Gasteiger partial charge in [-0.05, 0) is 11.5 Å². The van der Waals surface area contributed by atoms with Crippen LogP contribution in [0, 0.1) is 11.8 Å². The van der Waals surface area contributed by atoms with E-state index >= 15 is 0 Å².